The van der Waals surface area contributed by atoms with Gasteiger partial charge < -0.3 is 14.5 Å². The van der Waals surface area contributed by atoms with Gasteiger partial charge in [-0.25, -0.2) is 0 Å². The van der Waals surface area contributed by atoms with Gasteiger partial charge in [0.15, 0.2) is 0 Å². The number of nitriles is 1. The lowest BCUT2D eigenvalue weighted by Crippen LogP contribution is -2.23. The molecule has 0 aliphatic carbocycles. The highest BCUT2D eigenvalue weighted by Crippen LogP contribution is 2.24. The van der Waals surface area contributed by atoms with E-state index in [1.807, 2.05) is 42.5 Å². The maximum Gasteiger partial charge on any atom is 0.262 e. The van der Waals surface area contributed by atoms with Crippen molar-refractivity contribution in [1.29, 1.82) is 5.26 Å². The molecule has 0 aliphatic heterocycles. The molecule has 3 aromatic rings. The van der Waals surface area contributed by atoms with Crippen molar-refractivity contribution >= 4 is 23.6 Å². The average molecular weight is 393 g/mol. The Morgan fingerprint density at radius 2 is 1.86 bits per heavy atom. The van der Waals surface area contributed by atoms with Crippen LogP contribution in [0.1, 0.15) is 11.3 Å². The molecule has 6 heteroatoms. The zero-order chi connectivity index (χ0) is 19.9. The fourth-order valence-electron chi connectivity index (χ4n) is 2.51. The van der Waals surface area contributed by atoms with E-state index >= 15 is 0 Å². The third kappa shape index (κ3) is 4.81. The highest BCUT2D eigenvalue weighted by atomic mass is 35.5. The van der Waals surface area contributed by atoms with Gasteiger partial charge in [0.05, 0.1) is 7.11 Å². The molecule has 0 unspecified atom stereocenters. The molecule has 28 heavy (non-hydrogen) atoms. The second-order valence-corrected chi connectivity index (χ2v) is 6.35. The van der Waals surface area contributed by atoms with Crippen molar-refractivity contribution in [3.05, 3.63) is 82.6 Å². The Bertz CT molecular complexity index is 1030. The summed E-state index contributed by atoms with van der Waals surface area (Å²) in [6.45, 7) is 0.302. The second-order valence-electron chi connectivity index (χ2n) is 5.91. The van der Waals surface area contributed by atoms with Crippen LogP contribution in [0.15, 0.2) is 70.7 Å². The van der Waals surface area contributed by atoms with Crippen molar-refractivity contribution in [3.63, 3.8) is 0 Å². The van der Waals surface area contributed by atoms with Gasteiger partial charge in [0.25, 0.3) is 5.91 Å². The maximum atomic E-state index is 12.3. The Balaban J connectivity index is 1.68. The van der Waals surface area contributed by atoms with E-state index in [0.717, 1.165) is 16.9 Å². The number of ether oxygens (including phenoxy) is 1. The third-order valence-electron chi connectivity index (χ3n) is 4.02. The van der Waals surface area contributed by atoms with Crippen LogP contribution < -0.4 is 10.1 Å². The first-order valence-electron chi connectivity index (χ1n) is 8.48. The van der Waals surface area contributed by atoms with Gasteiger partial charge >= 0.3 is 0 Å². The van der Waals surface area contributed by atoms with Gasteiger partial charge in [-0.2, -0.15) is 5.26 Å². The Morgan fingerprint density at radius 3 is 2.50 bits per heavy atom. The number of carbonyl (C=O) groups is 1. The normalized spacial score (nSPS) is 11.0. The van der Waals surface area contributed by atoms with Gasteiger partial charge in [-0.3, -0.25) is 4.79 Å². The number of carbonyl (C=O) groups excluding carboxylic acids is 1. The van der Waals surface area contributed by atoms with E-state index < -0.39 is 5.91 Å². The summed E-state index contributed by atoms with van der Waals surface area (Å²) in [5, 5.41) is 12.7. The van der Waals surface area contributed by atoms with Crippen LogP contribution in [0.25, 0.3) is 17.4 Å². The summed E-state index contributed by atoms with van der Waals surface area (Å²) in [5.74, 6) is 1.31. The lowest BCUT2D eigenvalue weighted by molar-refractivity contribution is -0.117. The highest BCUT2D eigenvalue weighted by Gasteiger charge is 2.11. The van der Waals surface area contributed by atoms with Crippen molar-refractivity contribution in [2.24, 2.45) is 0 Å². The van der Waals surface area contributed by atoms with E-state index in [-0.39, 0.29) is 5.57 Å². The van der Waals surface area contributed by atoms with Crippen molar-refractivity contribution in [2.75, 3.05) is 7.11 Å². The van der Waals surface area contributed by atoms with E-state index in [0.29, 0.717) is 23.1 Å². The minimum Gasteiger partial charge on any atom is -0.497 e. The molecule has 3 rings (SSSR count). The van der Waals surface area contributed by atoms with Gasteiger partial charge in [0.1, 0.15) is 28.9 Å². The Hall–Kier alpha value is -3.49. The predicted octanol–water partition coefficient (Wildman–Crippen LogP) is 4.83. The van der Waals surface area contributed by atoms with Crippen LogP contribution in [0, 0.1) is 11.3 Å². The molecule has 140 valence electrons. The number of furan rings is 1. The predicted molar refractivity (Wildman–Crippen MR) is 108 cm³/mol. The van der Waals surface area contributed by atoms with Crippen LogP contribution in [-0.2, 0) is 11.3 Å². The summed E-state index contributed by atoms with van der Waals surface area (Å²) in [4.78, 5) is 12.3. The van der Waals surface area contributed by atoms with Crippen LogP contribution in [0.4, 0.5) is 0 Å². The first-order valence-corrected chi connectivity index (χ1v) is 8.85. The van der Waals surface area contributed by atoms with Crippen LogP contribution in [-0.4, -0.2) is 13.0 Å². The van der Waals surface area contributed by atoms with E-state index in [2.05, 4.69) is 5.32 Å². The monoisotopic (exact) mass is 392 g/mol. The molecule has 1 heterocycles. The number of hydrogen-bond acceptors (Lipinski definition) is 4. The van der Waals surface area contributed by atoms with Gasteiger partial charge in [-0.15, -0.1) is 0 Å². The summed E-state index contributed by atoms with van der Waals surface area (Å²) in [5.41, 5.74) is 1.71. The molecule has 0 radical (unpaired) electrons. The Labute approximate surface area is 167 Å². The third-order valence-corrected chi connectivity index (χ3v) is 4.27. The smallest absolute Gasteiger partial charge is 0.262 e. The number of nitrogens with zero attached hydrogens (tertiary/aromatic N) is 1. The molecule has 0 spiro atoms. The highest BCUT2D eigenvalue weighted by molar-refractivity contribution is 6.30. The van der Waals surface area contributed by atoms with Crippen LogP contribution in [0.3, 0.4) is 0 Å². The van der Waals surface area contributed by atoms with Crippen molar-refractivity contribution in [1.82, 2.24) is 5.32 Å². The number of halogens is 1. The van der Waals surface area contributed by atoms with Gasteiger partial charge in [0, 0.05) is 23.2 Å². The van der Waals surface area contributed by atoms with Crippen LogP contribution in [0.2, 0.25) is 5.02 Å². The molecule has 5 nitrogen and oxygen atoms in total. The number of rotatable bonds is 6. The molecule has 1 aromatic heterocycles. The largest absolute Gasteiger partial charge is 0.497 e. The Morgan fingerprint density at radius 1 is 1.14 bits per heavy atom. The van der Waals surface area contributed by atoms with Crippen molar-refractivity contribution < 1.29 is 13.9 Å². The molecule has 0 saturated heterocycles. The molecule has 1 amide bonds. The quantitative estimate of drug-likeness (QED) is 0.481. The summed E-state index contributed by atoms with van der Waals surface area (Å²) in [6, 6.07) is 19.9. The fraction of sp³-hybridized carbons (Fsp3) is 0.0909. The van der Waals surface area contributed by atoms with Gasteiger partial charge in [-0.05, 0) is 54.1 Å². The molecule has 0 fully saturated rings. The van der Waals surface area contributed by atoms with Crippen molar-refractivity contribution in [3.8, 4) is 23.1 Å². The summed E-state index contributed by atoms with van der Waals surface area (Å²) in [7, 11) is 1.59. The Kier molecular flexibility index (Phi) is 6.15. The topological polar surface area (TPSA) is 75.3 Å². The minimum atomic E-state index is -0.470. The number of amides is 1. The standard InChI is InChI=1S/C22H17ClN2O3/c1-27-19-8-2-15(3-9-19)14-25-22(26)17(13-24)12-20-10-11-21(28-20)16-4-6-18(23)7-5-16/h2-12H,14H2,1H3,(H,25,26)/b17-12-. The van der Waals surface area contributed by atoms with Gasteiger partial charge in [-0.1, -0.05) is 23.7 Å². The summed E-state index contributed by atoms with van der Waals surface area (Å²) in [6.07, 6.45) is 1.42. The summed E-state index contributed by atoms with van der Waals surface area (Å²) >= 11 is 5.89. The maximum absolute atomic E-state index is 12.3. The number of hydrogen-bond donors (Lipinski definition) is 1. The van der Waals surface area contributed by atoms with Crippen molar-refractivity contribution in [2.45, 2.75) is 6.54 Å². The average Bonchev–Trinajstić information content (AvgIpc) is 3.19. The lowest BCUT2D eigenvalue weighted by Gasteiger charge is -2.05. The molecular weight excluding hydrogens is 376 g/mol. The number of benzene rings is 2. The van der Waals surface area contributed by atoms with E-state index in [4.69, 9.17) is 20.8 Å². The number of nitrogens with one attached hydrogen (secondary N) is 1. The minimum absolute atomic E-state index is 0.0366. The van der Waals surface area contributed by atoms with E-state index in [1.54, 1.807) is 31.4 Å². The van der Waals surface area contributed by atoms with Crippen LogP contribution in [0.5, 0.6) is 5.75 Å². The molecule has 1 N–H and O–H groups in total. The van der Waals surface area contributed by atoms with E-state index in [1.165, 1.54) is 6.08 Å². The molecule has 0 atom stereocenters. The number of methoxy groups -OCH3 is 1. The molecule has 0 bridgehead atoms. The van der Waals surface area contributed by atoms with E-state index in [9.17, 15) is 10.1 Å². The molecule has 2 aromatic carbocycles. The van der Waals surface area contributed by atoms with Gasteiger partial charge in [0.2, 0.25) is 0 Å². The molecule has 0 aliphatic rings. The molecular formula is C22H17ClN2O3. The first kappa shape index (κ1) is 19.3. The zero-order valence-corrected chi connectivity index (χ0v) is 15.9. The summed E-state index contributed by atoms with van der Waals surface area (Å²) < 4.78 is 10.8. The fourth-order valence-corrected chi connectivity index (χ4v) is 2.64. The lowest BCUT2D eigenvalue weighted by atomic mass is 10.2. The zero-order valence-electron chi connectivity index (χ0n) is 15.1. The second kappa shape index (κ2) is 8.94. The molecule has 0 saturated carbocycles. The van der Waals surface area contributed by atoms with Crippen LogP contribution >= 0.6 is 11.6 Å². The first-order chi connectivity index (χ1) is 13.6. The SMILES string of the molecule is COc1ccc(CNC(=O)/C(C#N)=C\c2ccc(-c3ccc(Cl)cc3)o2)cc1.